The summed E-state index contributed by atoms with van der Waals surface area (Å²) in [5.41, 5.74) is -1.86. The Morgan fingerprint density at radius 3 is 2.86 bits per heavy atom. The lowest BCUT2D eigenvalue weighted by Gasteiger charge is -2.15. The summed E-state index contributed by atoms with van der Waals surface area (Å²) in [7, 11) is 0. The van der Waals surface area contributed by atoms with Gasteiger partial charge in [-0.25, -0.2) is 4.79 Å². The van der Waals surface area contributed by atoms with Crippen molar-refractivity contribution in [2.45, 2.75) is 31.0 Å². The van der Waals surface area contributed by atoms with Gasteiger partial charge in [0.25, 0.3) is 5.56 Å². The molecule has 1 aromatic heterocycles. The van der Waals surface area contributed by atoms with Crippen LogP contribution in [0.5, 0.6) is 0 Å². The second-order valence-corrected chi connectivity index (χ2v) is 5.90. The number of H-pyrrole nitrogens is 1. The van der Waals surface area contributed by atoms with Crippen LogP contribution in [0.25, 0.3) is 0 Å². The zero-order valence-corrected chi connectivity index (χ0v) is 15.0. The van der Waals surface area contributed by atoms with Crippen molar-refractivity contribution in [2.75, 3.05) is 19.8 Å². The quantitative estimate of drug-likeness (QED) is 0.421. The molecule has 0 radical (unpaired) electrons. The first-order valence-electron chi connectivity index (χ1n) is 8.35. The number of hydrogen-bond donors (Lipinski definition) is 3. The number of nitrogens with zero attached hydrogens (tertiary/aromatic N) is 1. The molecule has 3 atom stereocenters. The third kappa shape index (κ3) is 5.80. The number of nitrogens with one attached hydrogen (secondary N) is 2. The van der Waals surface area contributed by atoms with Crippen molar-refractivity contribution in [3.8, 4) is 11.8 Å². The van der Waals surface area contributed by atoms with Crippen molar-refractivity contribution in [1.82, 2.24) is 14.9 Å². The van der Waals surface area contributed by atoms with E-state index in [4.69, 9.17) is 9.47 Å². The Hall–Kier alpha value is -2.88. The highest BCUT2D eigenvalue weighted by Gasteiger charge is 2.38. The number of amides is 1. The molecule has 1 amide bonds. The van der Waals surface area contributed by atoms with E-state index in [1.54, 1.807) is 0 Å². The highest BCUT2D eigenvalue weighted by atomic mass is 19.4. The number of ether oxygens (including phenoxy) is 2. The molecule has 0 bridgehead atoms. The van der Waals surface area contributed by atoms with E-state index in [0.29, 0.717) is 0 Å². The minimum atomic E-state index is -5.04. The van der Waals surface area contributed by atoms with Crippen LogP contribution in [0.2, 0.25) is 0 Å². The van der Waals surface area contributed by atoms with Gasteiger partial charge in [0.1, 0.15) is 17.9 Å². The summed E-state index contributed by atoms with van der Waals surface area (Å²) in [6, 6.07) is 0. The molecule has 1 saturated heterocycles. The lowest BCUT2D eigenvalue weighted by Crippen LogP contribution is -2.37. The molecule has 3 unspecified atom stereocenters. The second-order valence-electron chi connectivity index (χ2n) is 5.90. The summed E-state index contributed by atoms with van der Waals surface area (Å²) in [5.74, 6) is 2.34. The Kier molecular flexibility index (Phi) is 7.38. The summed E-state index contributed by atoms with van der Waals surface area (Å²) in [5, 5.41) is 10.9. The van der Waals surface area contributed by atoms with Gasteiger partial charge in [-0.1, -0.05) is 17.9 Å². The van der Waals surface area contributed by atoms with E-state index in [0.717, 1.165) is 10.8 Å². The van der Waals surface area contributed by atoms with E-state index in [9.17, 15) is 32.7 Å². The van der Waals surface area contributed by atoms with Crippen LogP contribution in [0.15, 0.2) is 28.4 Å². The first-order chi connectivity index (χ1) is 13.7. The summed E-state index contributed by atoms with van der Waals surface area (Å²) < 4.78 is 48.4. The Balaban J connectivity index is 2.17. The van der Waals surface area contributed by atoms with Crippen molar-refractivity contribution < 1.29 is 32.5 Å². The molecule has 0 spiro atoms. The minimum absolute atomic E-state index is 0.194. The third-order valence-corrected chi connectivity index (χ3v) is 3.88. The van der Waals surface area contributed by atoms with Crippen molar-refractivity contribution in [3.05, 3.63) is 45.3 Å². The predicted molar refractivity (Wildman–Crippen MR) is 92.8 cm³/mol. The number of aromatic nitrogens is 2. The van der Waals surface area contributed by atoms with Crippen LogP contribution in [0, 0.1) is 11.8 Å². The van der Waals surface area contributed by atoms with Crippen LogP contribution in [-0.4, -0.2) is 58.7 Å². The maximum Gasteiger partial charge on any atom is 0.471 e. The van der Waals surface area contributed by atoms with E-state index in [1.807, 2.05) is 4.98 Å². The van der Waals surface area contributed by atoms with Crippen molar-refractivity contribution in [2.24, 2.45) is 0 Å². The molecular formula is C17H18F3N3O6. The Labute approximate surface area is 162 Å². The highest BCUT2D eigenvalue weighted by Crippen LogP contribution is 2.29. The Morgan fingerprint density at radius 2 is 2.24 bits per heavy atom. The van der Waals surface area contributed by atoms with Crippen LogP contribution >= 0.6 is 0 Å². The Bertz CT molecular complexity index is 927. The highest BCUT2D eigenvalue weighted by molar-refractivity contribution is 5.81. The maximum absolute atomic E-state index is 12.1. The maximum atomic E-state index is 12.1. The van der Waals surface area contributed by atoms with Crippen LogP contribution in [0.1, 0.15) is 18.2 Å². The summed E-state index contributed by atoms with van der Waals surface area (Å²) in [6.45, 7) is 2.71. The number of aliphatic hydroxyl groups is 1. The van der Waals surface area contributed by atoms with Gasteiger partial charge in [0.15, 0.2) is 0 Å². The fraction of sp³-hybridized carbons (Fsp3) is 0.471. The average molecular weight is 417 g/mol. The number of carbonyl (C=O) groups excluding carboxylic acids is 1. The van der Waals surface area contributed by atoms with Gasteiger partial charge in [-0.3, -0.25) is 19.1 Å². The van der Waals surface area contributed by atoms with Crippen molar-refractivity contribution >= 4 is 5.91 Å². The lowest BCUT2D eigenvalue weighted by atomic mass is 10.2. The SMILES string of the molecule is C=CCOC1CC(n2cc(C#CCNC(=O)C(F)(F)F)c(=O)[nH]c2=O)OC1CO. The summed E-state index contributed by atoms with van der Waals surface area (Å²) in [6.07, 6.45) is -4.33. The van der Waals surface area contributed by atoms with Crippen molar-refractivity contribution in [3.63, 3.8) is 0 Å². The molecule has 29 heavy (non-hydrogen) atoms. The second kappa shape index (κ2) is 9.55. The molecule has 0 aromatic carbocycles. The van der Waals surface area contributed by atoms with Crippen LogP contribution < -0.4 is 16.6 Å². The molecule has 0 aliphatic carbocycles. The average Bonchev–Trinajstić information content (AvgIpc) is 3.06. The number of aliphatic hydroxyl groups excluding tert-OH is 1. The van der Waals surface area contributed by atoms with E-state index in [2.05, 4.69) is 18.4 Å². The molecule has 12 heteroatoms. The summed E-state index contributed by atoms with van der Waals surface area (Å²) in [4.78, 5) is 36.7. The van der Waals surface area contributed by atoms with Gasteiger partial charge in [-0.05, 0) is 0 Å². The fourth-order valence-corrected chi connectivity index (χ4v) is 2.55. The molecule has 1 aliphatic heterocycles. The largest absolute Gasteiger partial charge is 0.471 e. The van der Waals surface area contributed by atoms with Crippen LogP contribution in [0.3, 0.4) is 0 Å². The number of aromatic amines is 1. The van der Waals surface area contributed by atoms with E-state index in [-0.39, 0.29) is 25.2 Å². The number of halogens is 3. The van der Waals surface area contributed by atoms with Crippen molar-refractivity contribution in [1.29, 1.82) is 0 Å². The Morgan fingerprint density at radius 1 is 1.52 bits per heavy atom. The molecular weight excluding hydrogens is 399 g/mol. The normalized spacial score (nSPS) is 21.3. The predicted octanol–water partition coefficient (Wildman–Crippen LogP) is -0.582. The smallest absolute Gasteiger partial charge is 0.394 e. The number of carbonyl (C=O) groups is 1. The molecule has 2 heterocycles. The lowest BCUT2D eigenvalue weighted by molar-refractivity contribution is -0.173. The van der Waals surface area contributed by atoms with Gasteiger partial charge in [-0.2, -0.15) is 13.2 Å². The molecule has 1 aliphatic rings. The van der Waals surface area contributed by atoms with Gasteiger partial charge >= 0.3 is 17.8 Å². The number of alkyl halides is 3. The fourth-order valence-electron chi connectivity index (χ4n) is 2.55. The van der Waals surface area contributed by atoms with E-state index in [1.165, 1.54) is 11.4 Å². The number of hydrogen-bond acceptors (Lipinski definition) is 6. The first-order valence-corrected chi connectivity index (χ1v) is 8.35. The van der Waals surface area contributed by atoms with Gasteiger partial charge < -0.3 is 19.9 Å². The molecule has 3 N–H and O–H groups in total. The molecule has 158 valence electrons. The van der Waals surface area contributed by atoms with E-state index < -0.39 is 48.3 Å². The van der Waals surface area contributed by atoms with Gasteiger partial charge in [0.2, 0.25) is 0 Å². The summed E-state index contributed by atoms with van der Waals surface area (Å²) >= 11 is 0. The van der Waals surface area contributed by atoms with Crippen LogP contribution in [0.4, 0.5) is 13.2 Å². The van der Waals surface area contributed by atoms with Gasteiger partial charge in [0.05, 0.1) is 25.9 Å². The zero-order valence-electron chi connectivity index (χ0n) is 15.0. The molecule has 2 rings (SSSR count). The van der Waals surface area contributed by atoms with E-state index >= 15 is 0 Å². The first kappa shape index (κ1) is 22.4. The molecule has 0 saturated carbocycles. The topological polar surface area (TPSA) is 123 Å². The van der Waals surface area contributed by atoms with Crippen LogP contribution in [-0.2, 0) is 14.3 Å². The molecule has 1 aromatic rings. The monoisotopic (exact) mass is 417 g/mol. The molecule has 9 nitrogen and oxygen atoms in total. The minimum Gasteiger partial charge on any atom is -0.394 e. The standard InChI is InChI=1S/C17H18F3N3O6/c1-2-6-28-11-7-13(29-12(11)9-24)23-8-10(14(25)22-16(23)27)4-3-5-21-15(26)17(18,19)20/h2,8,11-13,24H,1,5-7,9H2,(H,21,26)(H,22,25,27). The third-order valence-electron chi connectivity index (χ3n) is 3.88. The number of rotatable bonds is 6. The van der Waals surface area contributed by atoms with Gasteiger partial charge in [-0.15, -0.1) is 6.58 Å². The van der Waals surface area contributed by atoms with Gasteiger partial charge in [0, 0.05) is 12.6 Å². The zero-order chi connectivity index (χ0) is 21.6. The molecule has 1 fully saturated rings.